The van der Waals surface area contributed by atoms with Crippen molar-refractivity contribution in [1.29, 1.82) is 0 Å². The smallest absolute Gasteiger partial charge is 0.368 e. The van der Waals surface area contributed by atoms with Crippen LogP contribution in [0.1, 0.15) is 11.1 Å². The van der Waals surface area contributed by atoms with Gasteiger partial charge in [-0.1, -0.05) is 30.3 Å². The molecule has 0 N–H and O–H groups in total. The highest BCUT2D eigenvalue weighted by molar-refractivity contribution is 7.88. The van der Waals surface area contributed by atoms with Crippen molar-refractivity contribution in [2.75, 3.05) is 31.1 Å². The van der Waals surface area contributed by atoms with E-state index in [0.717, 1.165) is 12.1 Å². The zero-order valence-electron chi connectivity index (χ0n) is 15.2. The number of hydrogen-bond acceptors (Lipinski definition) is 5. The molecule has 2 aromatic carbocycles. The summed E-state index contributed by atoms with van der Waals surface area (Å²) in [6.07, 6.45) is -4.77. The van der Waals surface area contributed by atoms with Crippen molar-refractivity contribution >= 4 is 21.4 Å². The second-order valence-electron chi connectivity index (χ2n) is 6.58. The van der Waals surface area contributed by atoms with Gasteiger partial charge in [-0.2, -0.15) is 17.5 Å². The van der Waals surface area contributed by atoms with Gasteiger partial charge in [-0.25, -0.2) is 8.42 Å². The van der Waals surface area contributed by atoms with Crippen LogP contribution in [-0.2, 0) is 22.0 Å². The molecule has 2 aromatic rings. The molecular weight excluding hydrogens is 411 g/mol. The van der Waals surface area contributed by atoms with E-state index in [9.17, 15) is 31.7 Å². The Kier molecular flexibility index (Phi) is 5.80. The molecule has 11 heteroatoms. The maximum Gasteiger partial charge on any atom is 0.418 e. The summed E-state index contributed by atoms with van der Waals surface area (Å²) in [7, 11) is -3.60. The lowest BCUT2D eigenvalue weighted by atomic mass is 10.1. The Labute approximate surface area is 165 Å². The van der Waals surface area contributed by atoms with E-state index in [1.165, 1.54) is 9.21 Å². The van der Waals surface area contributed by atoms with E-state index in [0.29, 0.717) is 11.6 Å². The fourth-order valence-electron chi connectivity index (χ4n) is 3.22. The lowest BCUT2D eigenvalue weighted by Gasteiger charge is -2.36. The van der Waals surface area contributed by atoms with Crippen molar-refractivity contribution in [3.05, 3.63) is 69.8 Å². The van der Waals surface area contributed by atoms with E-state index in [1.807, 2.05) is 0 Å². The monoisotopic (exact) mass is 429 g/mol. The van der Waals surface area contributed by atoms with Crippen LogP contribution in [-0.4, -0.2) is 43.8 Å². The molecule has 7 nitrogen and oxygen atoms in total. The Balaban J connectivity index is 1.76. The number of alkyl halides is 3. The predicted octanol–water partition coefficient (Wildman–Crippen LogP) is 3.27. The van der Waals surface area contributed by atoms with Gasteiger partial charge in [0.05, 0.1) is 16.2 Å². The van der Waals surface area contributed by atoms with Crippen molar-refractivity contribution < 1.29 is 26.5 Å². The van der Waals surface area contributed by atoms with Gasteiger partial charge >= 0.3 is 6.18 Å². The quantitative estimate of drug-likeness (QED) is 0.538. The summed E-state index contributed by atoms with van der Waals surface area (Å²) in [6, 6.07) is 11.2. The SMILES string of the molecule is O=[N+]([O-])c1ccc(N2CCN(S(=O)(=O)Cc3ccccc3)CC2)c(C(F)(F)F)c1. The van der Waals surface area contributed by atoms with Crippen LogP contribution in [0.5, 0.6) is 0 Å². The first-order valence-corrected chi connectivity index (χ1v) is 10.3. The normalized spacial score (nSPS) is 16.0. The zero-order valence-corrected chi connectivity index (χ0v) is 16.0. The number of rotatable bonds is 5. The van der Waals surface area contributed by atoms with Crippen molar-refractivity contribution in [2.24, 2.45) is 0 Å². The third kappa shape index (κ3) is 4.85. The minimum atomic E-state index is -4.77. The van der Waals surface area contributed by atoms with Crippen molar-refractivity contribution in [3.63, 3.8) is 0 Å². The summed E-state index contributed by atoms with van der Waals surface area (Å²) < 4.78 is 66.7. The van der Waals surface area contributed by atoms with E-state index in [1.54, 1.807) is 30.3 Å². The Morgan fingerprint density at radius 1 is 1.00 bits per heavy atom. The lowest BCUT2D eigenvalue weighted by Crippen LogP contribution is -2.49. The summed E-state index contributed by atoms with van der Waals surface area (Å²) in [5, 5.41) is 10.8. The molecule has 0 aliphatic carbocycles. The number of hydrogen-bond donors (Lipinski definition) is 0. The molecule has 0 spiro atoms. The third-order valence-corrected chi connectivity index (χ3v) is 6.51. The van der Waals surface area contributed by atoms with Crippen LogP contribution in [0.3, 0.4) is 0 Å². The fourth-order valence-corrected chi connectivity index (χ4v) is 4.74. The number of sulfonamides is 1. The van der Waals surface area contributed by atoms with Gasteiger partial charge in [-0.3, -0.25) is 10.1 Å². The predicted molar refractivity (Wildman–Crippen MR) is 101 cm³/mol. The molecule has 0 bridgehead atoms. The van der Waals surface area contributed by atoms with Crippen LogP contribution in [0.4, 0.5) is 24.5 Å². The first-order valence-electron chi connectivity index (χ1n) is 8.70. The van der Waals surface area contributed by atoms with Crippen molar-refractivity contribution in [3.8, 4) is 0 Å². The maximum absolute atomic E-state index is 13.4. The average molecular weight is 429 g/mol. The molecule has 1 saturated heterocycles. The molecule has 0 amide bonds. The molecule has 3 rings (SSSR count). The van der Waals surface area contributed by atoms with Gasteiger partial charge in [-0.05, 0) is 11.6 Å². The van der Waals surface area contributed by atoms with Crippen molar-refractivity contribution in [2.45, 2.75) is 11.9 Å². The highest BCUT2D eigenvalue weighted by atomic mass is 32.2. The second kappa shape index (κ2) is 7.99. The van der Waals surface area contributed by atoms with Crippen LogP contribution < -0.4 is 4.90 Å². The molecule has 0 radical (unpaired) electrons. The number of halogens is 3. The average Bonchev–Trinajstić information content (AvgIpc) is 2.67. The molecule has 156 valence electrons. The van der Waals surface area contributed by atoms with Gasteiger partial charge in [0, 0.05) is 44.0 Å². The fraction of sp³-hybridized carbons (Fsp3) is 0.333. The molecule has 0 saturated carbocycles. The molecule has 0 aromatic heterocycles. The number of nitrogens with zero attached hydrogens (tertiary/aromatic N) is 3. The summed E-state index contributed by atoms with van der Waals surface area (Å²) in [4.78, 5) is 11.3. The largest absolute Gasteiger partial charge is 0.418 e. The van der Waals surface area contributed by atoms with Crippen LogP contribution in [0.2, 0.25) is 0 Å². The van der Waals surface area contributed by atoms with E-state index < -0.39 is 32.4 Å². The third-order valence-electron chi connectivity index (χ3n) is 4.66. The Hall–Kier alpha value is -2.66. The van der Waals surface area contributed by atoms with Gasteiger partial charge in [0.15, 0.2) is 0 Å². The minimum Gasteiger partial charge on any atom is -0.368 e. The second-order valence-corrected chi connectivity index (χ2v) is 8.55. The number of non-ortho nitro benzene ring substituents is 1. The lowest BCUT2D eigenvalue weighted by molar-refractivity contribution is -0.385. The van der Waals surface area contributed by atoms with Crippen LogP contribution in [0.25, 0.3) is 0 Å². The standard InChI is InChI=1S/C18H18F3N3O4S/c19-18(20,21)16-12-15(24(25)26)6-7-17(16)22-8-10-23(11-9-22)29(27,28)13-14-4-2-1-3-5-14/h1-7,12H,8-11,13H2. The van der Waals surface area contributed by atoms with E-state index in [2.05, 4.69) is 0 Å². The van der Waals surface area contributed by atoms with Gasteiger partial charge in [-0.15, -0.1) is 0 Å². The Morgan fingerprint density at radius 3 is 2.17 bits per heavy atom. The molecule has 0 unspecified atom stereocenters. The topological polar surface area (TPSA) is 83.8 Å². The maximum atomic E-state index is 13.4. The number of benzene rings is 2. The van der Waals surface area contributed by atoms with E-state index in [-0.39, 0.29) is 37.6 Å². The van der Waals surface area contributed by atoms with Crippen LogP contribution in [0, 0.1) is 10.1 Å². The number of nitro benzene ring substituents is 1. The zero-order chi connectivity index (χ0) is 21.2. The van der Waals surface area contributed by atoms with Gasteiger partial charge in [0.25, 0.3) is 5.69 Å². The van der Waals surface area contributed by atoms with E-state index in [4.69, 9.17) is 0 Å². The molecule has 1 aliphatic rings. The molecule has 1 heterocycles. The van der Waals surface area contributed by atoms with Crippen LogP contribution >= 0.6 is 0 Å². The molecular formula is C18H18F3N3O4S. The minimum absolute atomic E-state index is 0.0312. The number of nitro groups is 1. The highest BCUT2D eigenvalue weighted by Crippen LogP contribution is 2.39. The highest BCUT2D eigenvalue weighted by Gasteiger charge is 2.38. The van der Waals surface area contributed by atoms with E-state index >= 15 is 0 Å². The molecule has 1 aliphatic heterocycles. The van der Waals surface area contributed by atoms with Gasteiger partial charge < -0.3 is 4.90 Å². The first kappa shape index (κ1) is 21.1. The summed E-state index contributed by atoms with van der Waals surface area (Å²) in [6.45, 7) is 0.163. The van der Waals surface area contributed by atoms with Crippen LogP contribution in [0.15, 0.2) is 48.5 Å². The number of piperazine rings is 1. The summed E-state index contributed by atoms with van der Waals surface area (Å²) in [5.74, 6) is -0.181. The first-order chi connectivity index (χ1) is 13.6. The van der Waals surface area contributed by atoms with Gasteiger partial charge in [0.2, 0.25) is 10.0 Å². The molecule has 0 atom stereocenters. The summed E-state index contributed by atoms with van der Waals surface area (Å²) >= 11 is 0. The van der Waals surface area contributed by atoms with Gasteiger partial charge in [0.1, 0.15) is 0 Å². The van der Waals surface area contributed by atoms with Crippen molar-refractivity contribution in [1.82, 2.24) is 4.31 Å². The molecule has 1 fully saturated rings. The Morgan fingerprint density at radius 2 is 1.62 bits per heavy atom. The number of anilines is 1. The Bertz CT molecular complexity index is 989. The molecule has 29 heavy (non-hydrogen) atoms. The summed E-state index contributed by atoms with van der Waals surface area (Å²) in [5.41, 5.74) is -1.31.